The number of likely N-dealkylation sites (tertiary alicyclic amines) is 1. The minimum Gasteiger partial charge on any atom is -0.386 e. The average molecular weight is 304 g/mol. The fraction of sp³-hybridized carbons (Fsp3) is 0.923. The van der Waals surface area contributed by atoms with Crippen LogP contribution in [0.5, 0.6) is 0 Å². The molecule has 2 aliphatic rings. The molecule has 6 nitrogen and oxygen atoms in total. The second kappa shape index (κ2) is 4.68. The minimum atomic E-state index is -3.46. The zero-order chi connectivity index (χ0) is 15.3. The largest absolute Gasteiger partial charge is 0.386 e. The van der Waals surface area contributed by atoms with E-state index >= 15 is 0 Å². The van der Waals surface area contributed by atoms with Crippen molar-refractivity contribution in [3.63, 3.8) is 0 Å². The Bertz CT molecular complexity index is 499. The summed E-state index contributed by atoms with van der Waals surface area (Å²) in [6, 6.07) is -0.804. The Labute approximate surface area is 120 Å². The highest BCUT2D eigenvalue weighted by molar-refractivity contribution is 7.88. The van der Waals surface area contributed by atoms with Crippen molar-refractivity contribution in [2.45, 2.75) is 45.3 Å². The molecule has 1 atom stereocenters. The molecule has 0 aromatic heterocycles. The maximum atomic E-state index is 12.5. The summed E-state index contributed by atoms with van der Waals surface area (Å²) in [6.07, 6.45) is 3.08. The predicted molar refractivity (Wildman–Crippen MR) is 75.5 cm³/mol. The number of amides is 1. The van der Waals surface area contributed by atoms with Gasteiger partial charge in [-0.05, 0) is 24.2 Å². The van der Waals surface area contributed by atoms with Crippen molar-refractivity contribution in [2.75, 3.05) is 19.3 Å². The maximum Gasteiger partial charge on any atom is 0.241 e. The van der Waals surface area contributed by atoms with Crippen molar-refractivity contribution in [1.29, 1.82) is 0 Å². The summed E-state index contributed by atoms with van der Waals surface area (Å²) in [7, 11) is -3.46. The Morgan fingerprint density at radius 2 is 1.85 bits per heavy atom. The highest BCUT2D eigenvalue weighted by Gasteiger charge is 2.54. The van der Waals surface area contributed by atoms with Crippen LogP contribution < -0.4 is 4.72 Å². The number of hydrogen-bond acceptors (Lipinski definition) is 4. The third-order valence-corrected chi connectivity index (χ3v) is 4.69. The number of nitrogens with zero attached hydrogens (tertiary/aromatic N) is 1. The highest BCUT2D eigenvalue weighted by atomic mass is 32.2. The Morgan fingerprint density at radius 3 is 2.20 bits per heavy atom. The zero-order valence-electron chi connectivity index (χ0n) is 12.5. The molecule has 0 bridgehead atoms. The van der Waals surface area contributed by atoms with Crippen LogP contribution in [-0.4, -0.2) is 55.3 Å². The van der Waals surface area contributed by atoms with Gasteiger partial charge in [-0.1, -0.05) is 20.8 Å². The molecule has 1 aliphatic carbocycles. The molecule has 1 heterocycles. The summed E-state index contributed by atoms with van der Waals surface area (Å²) < 4.78 is 25.3. The van der Waals surface area contributed by atoms with Crippen LogP contribution in [0.2, 0.25) is 0 Å². The van der Waals surface area contributed by atoms with Crippen LogP contribution in [0, 0.1) is 11.3 Å². The van der Waals surface area contributed by atoms with Gasteiger partial charge < -0.3 is 10.0 Å². The van der Waals surface area contributed by atoms with E-state index in [1.807, 2.05) is 20.8 Å². The quantitative estimate of drug-likeness (QED) is 0.761. The minimum absolute atomic E-state index is 0.256. The van der Waals surface area contributed by atoms with Crippen LogP contribution in [0.4, 0.5) is 0 Å². The summed E-state index contributed by atoms with van der Waals surface area (Å²) in [5.41, 5.74) is -1.27. The lowest BCUT2D eigenvalue weighted by Gasteiger charge is -2.49. The molecule has 116 valence electrons. The first-order chi connectivity index (χ1) is 8.92. The van der Waals surface area contributed by atoms with E-state index < -0.39 is 27.1 Å². The van der Waals surface area contributed by atoms with Gasteiger partial charge in [0.2, 0.25) is 15.9 Å². The van der Waals surface area contributed by atoms with Gasteiger partial charge in [0, 0.05) is 0 Å². The highest BCUT2D eigenvalue weighted by Crippen LogP contribution is 2.44. The van der Waals surface area contributed by atoms with E-state index in [9.17, 15) is 18.3 Å². The maximum absolute atomic E-state index is 12.5. The molecule has 1 aliphatic heterocycles. The molecular weight excluding hydrogens is 280 g/mol. The molecule has 2 N–H and O–H groups in total. The number of aliphatic hydroxyl groups is 1. The average Bonchev–Trinajstić information content (AvgIpc) is 3.01. The Morgan fingerprint density at radius 1 is 1.35 bits per heavy atom. The van der Waals surface area contributed by atoms with Gasteiger partial charge in [0.15, 0.2) is 0 Å². The molecule has 2 rings (SSSR count). The lowest BCUT2D eigenvalue weighted by molar-refractivity contribution is -0.163. The topological polar surface area (TPSA) is 86.7 Å². The zero-order valence-corrected chi connectivity index (χ0v) is 13.3. The van der Waals surface area contributed by atoms with Crippen molar-refractivity contribution >= 4 is 15.9 Å². The number of sulfonamides is 1. The lowest BCUT2D eigenvalue weighted by Crippen LogP contribution is -2.68. The van der Waals surface area contributed by atoms with Crippen LogP contribution in [0.1, 0.15) is 33.6 Å². The smallest absolute Gasteiger partial charge is 0.241 e. The summed E-state index contributed by atoms with van der Waals surface area (Å²) in [5, 5.41) is 10.3. The van der Waals surface area contributed by atoms with Gasteiger partial charge >= 0.3 is 0 Å². The SMILES string of the molecule is CC(C)(C)C(NS(C)(=O)=O)C(=O)N1CC(O)(C2CC2)C1. The first-order valence-electron chi connectivity index (χ1n) is 6.91. The van der Waals surface area contributed by atoms with Gasteiger partial charge in [0.1, 0.15) is 11.6 Å². The van der Waals surface area contributed by atoms with Gasteiger partial charge in [0.25, 0.3) is 0 Å². The van der Waals surface area contributed by atoms with E-state index in [4.69, 9.17) is 0 Å². The molecule has 0 aromatic carbocycles. The Hall–Kier alpha value is -0.660. The van der Waals surface area contributed by atoms with Crippen molar-refractivity contribution in [3.8, 4) is 0 Å². The van der Waals surface area contributed by atoms with Gasteiger partial charge in [-0.2, -0.15) is 0 Å². The summed E-state index contributed by atoms with van der Waals surface area (Å²) in [4.78, 5) is 14.0. The molecule has 7 heteroatoms. The molecule has 0 spiro atoms. The first-order valence-corrected chi connectivity index (χ1v) is 8.80. The molecule has 1 unspecified atom stereocenters. The van der Waals surface area contributed by atoms with E-state index in [1.165, 1.54) is 0 Å². The number of rotatable bonds is 4. The van der Waals surface area contributed by atoms with Crippen molar-refractivity contribution in [3.05, 3.63) is 0 Å². The molecule has 1 saturated carbocycles. The van der Waals surface area contributed by atoms with E-state index in [0.29, 0.717) is 19.0 Å². The van der Waals surface area contributed by atoms with Gasteiger partial charge in [0.05, 0.1) is 19.3 Å². The monoisotopic (exact) mass is 304 g/mol. The van der Waals surface area contributed by atoms with Crippen LogP contribution in [-0.2, 0) is 14.8 Å². The van der Waals surface area contributed by atoms with Gasteiger partial charge in [-0.15, -0.1) is 0 Å². The second-order valence-electron chi connectivity index (χ2n) is 7.26. The van der Waals surface area contributed by atoms with Crippen molar-refractivity contribution in [1.82, 2.24) is 9.62 Å². The first kappa shape index (κ1) is 15.7. The molecule has 20 heavy (non-hydrogen) atoms. The summed E-state index contributed by atoms with van der Waals surface area (Å²) >= 11 is 0. The number of carbonyl (C=O) groups excluding carboxylic acids is 1. The molecular formula is C13H24N2O4S. The van der Waals surface area contributed by atoms with E-state index in [2.05, 4.69) is 4.72 Å². The van der Waals surface area contributed by atoms with Crippen LogP contribution in [0.15, 0.2) is 0 Å². The number of carbonyl (C=O) groups is 1. The Kier molecular flexibility index (Phi) is 3.68. The van der Waals surface area contributed by atoms with E-state index in [0.717, 1.165) is 19.1 Å². The fourth-order valence-corrected chi connectivity index (χ4v) is 3.53. The van der Waals surface area contributed by atoms with Gasteiger partial charge in [-0.3, -0.25) is 4.79 Å². The molecule has 2 fully saturated rings. The molecule has 1 amide bonds. The number of hydrogen-bond donors (Lipinski definition) is 2. The molecule has 0 radical (unpaired) electrons. The van der Waals surface area contributed by atoms with Crippen molar-refractivity contribution in [2.24, 2.45) is 11.3 Å². The normalized spacial score (nSPS) is 24.1. The van der Waals surface area contributed by atoms with Crippen LogP contribution >= 0.6 is 0 Å². The second-order valence-corrected chi connectivity index (χ2v) is 9.04. The lowest BCUT2D eigenvalue weighted by atomic mass is 9.83. The number of β-amino-alcohol motifs (C(OH)–C–C–N with tert-alkyl or cyclic N) is 1. The van der Waals surface area contributed by atoms with E-state index in [1.54, 1.807) is 4.90 Å². The summed E-state index contributed by atoms with van der Waals surface area (Å²) in [6.45, 7) is 6.09. The predicted octanol–water partition coefficient (Wildman–Crippen LogP) is -0.0664. The number of nitrogens with one attached hydrogen (secondary N) is 1. The molecule has 0 aromatic rings. The Balaban J connectivity index is 2.05. The van der Waals surface area contributed by atoms with E-state index in [-0.39, 0.29) is 5.91 Å². The third kappa shape index (κ3) is 3.32. The van der Waals surface area contributed by atoms with Crippen LogP contribution in [0.25, 0.3) is 0 Å². The summed E-state index contributed by atoms with van der Waals surface area (Å²) in [5.74, 6) is 0.0516. The molecule has 1 saturated heterocycles. The standard InChI is InChI=1S/C13H24N2O4S/c1-12(2,3)10(14-20(4,18)19)11(16)15-7-13(17,8-15)9-5-6-9/h9-10,14,17H,5-8H2,1-4H3. The fourth-order valence-electron chi connectivity index (χ4n) is 2.64. The van der Waals surface area contributed by atoms with Crippen molar-refractivity contribution < 1.29 is 18.3 Å². The van der Waals surface area contributed by atoms with Crippen LogP contribution in [0.3, 0.4) is 0 Å². The third-order valence-electron chi connectivity index (χ3n) is 4.02. The van der Waals surface area contributed by atoms with Gasteiger partial charge in [-0.25, -0.2) is 13.1 Å².